The normalized spacial score (nSPS) is 15.3. The number of ether oxygens (including phenoxy) is 1. The highest BCUT2D eigenvalue weighted by Crippen LogP contribution is 2.41. The molecule has 0 spiro atoms. The van der Waals surface area contributed by atoms with Gasteiger partial charge in [0.05, 0.1) is 33.3 Å². The van der Waals surface area contributed by atoms with Crippen molar-refractivity contribution >= 4 is 33.3 Å². The fourth-order valence-electron chi connectivity index (χ4n) is 4.19. The predicted molar refractivity (Wildman–Crippen MR) is 137 cm³/mol. The first-order valence-electron chi connectivity index (χ1n) is 11.9. The number of anilines is 1. The zero-order valence-electron chi connectivity index (χ0n) is 20.6. The van der Waals surface area contributed by atoms with Crippen LogP contribution in [0, 0.1) is 5.82 Å². The molecule has 41 heavy (non-hydrogen) atoms. The Bertz CT molecular complexity index is 1750. The lowest BCUT2D eigenvalue weighted by Gasteiger charge is -2.35. The van der Waals surface area contributed by atoms with E-state index in [1.807, 2.05) is 0 Å². The van der Waals surface area contributed by atoms with Gasteiger partial charge in [0.15, 0.2) is 0 Å². The fraction of sp³-hybridized carbons (Fsp3) is 0.192. The van der Waals surface area contributed by atoms with Gasteiger partial charge in [0.1, 0.15) is 17.7 Å². The van der Waals surface area contributed by atoms with Crippen LogP contribution in [-0.4, -0.2) is 42.3 Å². The summed E-state index contributed by atoms with van der Waals surface area (Å²) >= 11 is 6.00. The predicted octanol–water partition coefficient (Wildman–Crippen LogP) is 6.04. The average Bonchev–Trinajstić information content (AvgIpc) is 3.42. The summed E-state index contributed by atoms with van der Waals surface area (Å²) in [6.07, 6.45) is -6.08. The van der Waals surface area contributed by atoms with Crippen molar-refractivity contribution in [3.05, 3.63) is 77.1 Å². The molecule has 15 heteroatoms. The average molecular weight is 612 g/mol. The SMILES string of the molecule is O=C(O)CCC1CN(S(=O)(=O)c2cccc(C(F)(F)F)c2)c2cc(-c3noc(-c4cccc(F)c4Cl)n3)ccc2O1. The minimum absolute atomic E-state index is 0.0208. The van der Waals surface area contributed by atoms with Crippen LogP contribution < -0.4 is 9.04 Å². The highest BCUT2D eigenvalue weighted by atomic mass is 35.5. The summed E-state index contributed by atoms with van der Waals surface area (Å²) in [7, 11) is -4.59. The quantitative estimate of drug-likeness (QED) is 0.251. The van der Waals surface area contributed by atoms with Crippen molar-refractivity contribution in [3.63, 3.8) is 0 Å². The molecule has 1 N–H and O–H groups in total. The molecule has 2 heterocycles. The number of benzene rings is 3. The molecule has 0 fully saturated rings. The van der Waals surface area contributed by atoms with Gasteiger partial charge in [-0.15, -0.1) is 0 Å². The third-order valence-electron chi connectivity index (χ3n) is 6.19. The molecular formula is C26H18ClF4N3O6S. The van der Waals surface area contributed by atoms with Gasteiger partial charge in [-0.25, -0.2) is 12.8 Å². The molecule has 1 aliphatic rings. The standard InChI is InChI=1S/C26H18ClF4N3O6S/c27-23-18(5-2-6-19(23)28)25-32-24(33-40-25)14-7-9-21-20(11-14)34(13-16(39-21)8-10-22(35)36)41(37,38)17-4-1-3-15(12-17)26(29,30)31/h1-7,9,11-12,16H,8,10,13H2,(H,35,36). The lowest BCUT2D eigenvalue weighted by atomic mass is 10.1. The maximum atomic E-state index is 13.9. The number of sulfonamides is 1. The Kier molecular flexibility index (Phi) is 7.38. The van der Waals surface area contributed by atoms with Crippen molar-refractivity contribution in [1.82, 2.24) is 10.1 Å². The van der Waals surface area contributed by atoms with E-state index in [2.05, 4.69) is 10.1 Å². The molecule has 9 nitrogen and oxygen atoms in total. The van der Waals surface area contributed by atoms with Crippen LogP contribution in [0.25, 0.3) is 22.8 Å². The fourth-order valence-corrected chi connectivity index (χ4v) is 5.94. The Morgan fingerprint density at radius 2 is 1.88 bits per heavy atom. The van der Waals surface area contributed by atoms with Crippen LogP contribution in [-0.2, 0) is 21.0 Å². The van der Waals surface area contributed by atoms with E-state index in [-0.39, 0.29) is 58.7 Å². The van der Waals surface area contributed by atoms with Gasteiger partial charge < -0.3 is 14.4 Å². The molecule has 0 saturated carbocycles. The minimum atomic E-state index is -4.79. The largest absolute Gasteiger partial charge is 0.486 e. The maximum Gasteiger partial charge on any atom is 0.416 e. The molecule has 1 aliphatic heterocycles. The second-order valence-electron chi connectivity index (χ2n) is 8.94. The highest BCUT2D eigenvalue weighted by molar-refractivity contribution is 7.92. The number of aromatic nitrogens is 2. The van der Waals surface area contributed by atoms with E-state index >= 15 is 0 Å². The molecule has 0 bridgehead atoms. The number of fused-ring (bicyclic) bond motifs is 1. The summed E-state index contributed by atoms with van der Waals surface area (Å²) in [4.78, 5) is 14.7. The van der Waals surface area contributed by atoms with Crippen molar-refractivity contribution in [2.24, 2.45) is 0 Å². The van der Waals surface area contributed by atoms with Crippen molar-refractivity contribution < 1.29 is 45.1 Å². The Morgan fingerprint density at radius 1 is 1.12 bits per heavy atom. The number of carbonyl (C=O) groups is 1. The smallest absolute Gasteiger partial charge is 0.416 e. The van der Waals surface area contributed by atoms with Crippen LogP contribution in [0.2, 0.25) is 5.02 Å². The Morgan fingerprint density at radius 3 is 2.61 bits per heavy atom. The molecule has 0 radical (unpaired) electrons. The van der Waals surface area contributed by atoms with Crippen LogP contribution in [0.4, 0.5) is 23.2 Å². The van der Waals surface area contributed by atoms with E-state index < -0.39 is 44.5 Å². The van der Waals surface area contributed by atoms with E-state index in [1.165, 1.54) is 30.3 Å². The van der Waals surface area contributed by atoms with Gasteiger partial charge in [0.2, 0.25) is 5.82 Å². The lowest BCUT2D eigenvalue weighted by molar-refractivity contribution is -0.138. The first kappa shape index (κ1) is 28.4. The van der Waals surface area contributed by atoms with Crippen molar-refractivity contribution in [2.45, 2.75) is 30.0 Å². The lowest BCUT2D eigenvalue weighted by Crippen LogP contribution is -2.43. The topological polar surface area (TPSA) is 123 Å². The van der Waals surface area contributed by atoms with Gasteiger partial charge in [-0.1, -0.05) is 28.9 Å². The number of aliphatic carboxylic acids is 1. The molecule has 1 aromatic heterocycles. The van der Waals surface area contributed by atoms with Gasteiger partial charge in [0.25, 0.3) is 15.9 Å². The first-order chi connectivity index (χ1) is 19.3. The Labute approximate surface area is 235 Å². The molecule has 1 unspecified atom stereocenters. The number of carboxylic acid groups (broad SMARTS) is 1. The molecule has 4 aromatic rings. The first-order valence-corrected chi connectivity index (χ1v) is 13.7. The van der Waals surface area contributed by atoms with Gasteiger partial charge >= 0.3 is 12.1 Å². The zero-order chi connectivity index (χ0) is 29.5. The van der Waals surface area contributed by atoms with Crippen LogP contribution in [0.5, 0.6) is 5.75 Å². The molecule has 3 aromatic carbocycles. The maximum absolute atomic E-state index is 13.9. The number of nitrogens with zero attached hydrogens (tertiary/aromatic N) is 3. The summed E-state index contributed by atoms with van der Waals surface area (Å²) in [5, 5.41) is 12.7. The summed E-state index contributed by atoms with van der Waals surface area (Å²) in [5.74, 6) is -1.92. The van der Waals surface area contributed by atoms with E-state index in [1.54, 1.807) is 0 Å². The van der Waals surface area contributed by atoms with Crippen LogP contribution in [0.15, 0.2) is 70.1 Å². The minimum Gasteiger partial charge on any atom is -0.486 e. The molecule has 1 atom stereocenters. The van der Waals surface area contributed by atoms with Gasteiger partial charge in [-0.3, -0.25) is 9.10 Å². The number of alkyl halides is 3. The second-order valence-corrected chi connectivity index (χ2v) is 11.2. The van der Waals surface area contributed by atoms with Crippen molar-refractivity contribution in [3.8, 4) is 28.6 Å². The molecule has 0 saturated heterocycles. The zero-order valence-corrected chi connectivity index (χ0v) is 22.2. The third-order valence-corrected chi connectivity index (χ3v) is 8.35. The van der Waals surface area contributed by atoms with Crippen molar-refractivity contribution in [2.75, 3.05) is 10.8 Å². The van der Waals surface area contributed by atoms with E-state index in [0.29, 0.717) is 6.07 Å². The molecule has 214 valence electrons. The van der Waals surface area contributed by atoms with E-state index in [0.717, 1.165) is 28.6 Å². The molecular weight excluding hydrogens is 594 g/mol. The molecule has 0 aliphatic carbocycles. The number of halogens is 5. The van der Waals surface area contributed by atoms with Gasteiger partial charge in [0, 0.05) is 12.0 Å². The summed E-state index contributed by atoms with van der Waals surface area (Å²) in [5.41, 5.74) is -0.829. The summed E-state index contributed by atoms with van der Waals surface area (Å²) < 4.78 is 93.3. The Hall–Kier alpha value is -4.17. The second kappa shape index (κ2) is 10.7. The van der Waals surface area contributed by atoms with E-state index in [4.69, 9.17) is 26.0 Å². The number of rotatable bonds is 7. The van der Waals surface area contributed by atoms with Crippen molar-refractivity contribution in [1.29, 1.82) is 0 Å². The van der Waals surface area contributed by atoms with Crippen LogP contribution >= 0.6 is 11.6 Å². The highest BCUT2D eigenvalue weighted by Gasteiger charge is 2.37. The molecule has 0 amide bonds. The van der Waals surface area contributed by atoms with Gasteiger partial charge in [-0.05, 0) is 55.0 Å². The monoisotopic (exact) mass is 611 g/mol. The molecule has 5 rings (SSSR count). The summed E-state index contributed by atoms with van der Waals surface area (Å²) in [6.45, 7) is -0.376. The van der Waals surface area contributed by atoms with E-state index in [9.17, 15) is 30.8 Å². The number of hydrogen-bond donors (Lipinski definition) is 1. The number of hydrogen-bond acceptors (Lipinski definition) is 7. The van der Waals surface area contributed by atoms with Crippen LogP contribution in [0.1, 0.15) is 18.4 Å². The summed E-state index contributed by atoms with van der Waals surface area (Å²) in [6, 6.07) is 11.5. The number of carboxylic acids is 1. The van der Waals surface area contributed by atoms with Crippen LogP contribution in [0.3, 0.4) is 0 Å². The Balaban J connectivity index is 1.57. The van der Waals surface area contributed by atoms with Gasteiger partial charge in [-0.2, -0.15) is 18.2 Å². The third kappa shape index (κ3) is 5.70.